The first-order valence-electron chi connectivity index (χ1n) is 6.06. The molecule has 0 saturated carbocycles. The number of ether oxygens (including phenoxy) is 1. The van der Waals surface area contributed by atoms with E-state index >= 15 is 0 Å². The van der Waals surface area contributed by atoms with E-state index in [0.29, 0.717) is 23.7 Å². The summed E-state index contributed by atoms with van der Waals surface area (Å²) in [5.74, 6) is 0.598. The molecule has 0 aromatic heterocycles. The third-order valence-corrected chi connectivity index (χ3v) is 2.80. The van der Waals surface area contributed by atoms with E-state index in [9.17, 15) is 4.79 Å². The van der Waals surface area contributed by atoms with Gasteiger partial charge in [0.1, 0.15) is 5.75 Å². The van der Waals surface area contributed by atoms with Gasteiger partial charge in [-0.1, -0.05) is 13.8 Å². The Morgan fingerprint density at radius 2 is 1.90 bits per heavy atom. The van der Waals surface area contributed by atoms with E-state index in [0.717, 1.165) is 13.1 Å². The van der Waals surface area contributed by atoms with Crippen LogP contribution < -0.4 is 15.8 Å². The van der Waals surface area contributed by atoms with Crippen LogP contribution in [0.5, 0.6) is 5.75 Å². The molecular weight excluding hydrogens is 301 g/mol. The molecule has 1 rings (SSSR count). The number of amides is 1. The second-order valence-corrected chi connectivity index (χ2v) is 3.96. The van der Waals surface area contributed by atoms with Crippen molar-refractivity contribution in [3.8, 4) is 5.75 Å². The zero-order chi connectivity index (χ0) is 13.5. The molecule has 0 saturated heterocycles. The molecule has 7 heteroatoms. The van der Waals surface area contributed by atoms with Crippen molar-refractivity contribution in [1.82, 2.24) is 4.90 Å². The van der Waals surface area contributed by atoms with Crippen LogP contribution in [0.15, 0.2) is 18.2 Å². The Morgan fingerprint density at radius 1 is 1.30 bits per heavy atom. The summed E-state index contributed by atoms with van der Waals surface area (Å²) in [6.45, 7) is 6.10. The normalized spacial score (nSPS) is 9.40. The minimum atomic E-state index is -0.0707. The number of anilines is 2. The highest BCUT2D eigenvalue weighted by atomic mass is 35.5. The standard InChI is InChI=1S/C13H21N3O2.2ClH/c1-4-16(5-2)9-13(17)15-12-8-10(18-3)6-7-11(12)14;;/h6-8H,4-5,9,14H2,1-3H3,(H,15,17);2*1H. The van der Waals surface area contributed by atoms with E-state index in [-0.39, 0.29) is 30.7 Å². The number of nitrogens with zero attached hydrogens (tertiary/aromatic N) is 1. The Labute approximate surface area is 132 Å². The van der Waals surface area contributed by atoms with Gasteiger partial charge >= 0.3 is 0 Å². The van der Waals surface area contributed by atoms with Gasteiger partial charge < -0.3 is 15.8 Å². The van der Waals surface area contributed by atoms with Gasteiger partial charge in [0.15, 0.2) is 0 Å². The molecule has 3 N–H and O–H groups in total. The maximum atomic E-state index is 11.8. The van der Waals surface area contributed by atoms with Crippen LogP contribution in [0.1, 0.15) is 13.8 Å². The third kappa shape index (κ3) is 6.32. The smallest absolute Gasteiger partial charge is 0.238 e. The number of hydrogen-bond donors (Lipinski definition) is 2. The van der Waals surface area contributed by atoms with Gasteiger partial charge in [-0.25, -0.2) is 0 Å². The Bertz CT molecular complexity index is 413. The highest BCUT2D eigenvalue weighted by Crippen LogP contribution is 2.24. The number of likely N-dealkylation sites (N-methyl/N-ethyl adjacent to an activating group) is 1. The first-order chi connectivity index (χ1) is 8.60. The molecule has 0 aliphatic rings. The van der Waals surface area contributed by atoms with Crippen LogP contribution >= 0.6 is 24.8 Å². The molecule has 1 aromatic carbocycles. The average molecular weight is 324 g/mol. The highest BCUT2D eigenvalue weighted by molar-refractivity contribution is 5.95. The fourth-order valence-corrected chi connectivity index (χ4v) is 1.61. The summed E-state index contributed by atoms with van der Waals surface area (Å²) in [6.07, 6.45) is 0. The molecule has 0 fully saturated rings. The third-order valence-electron chi connectivity index (χ3n) is 2.80. The first-order valence-corrected chi connectivity index (χ1v) is 6.06. The van der Waals surface area contributed by atoms with Crippen molar-refractivity contribution in [2.45, 2.75) is 13.8 Å². The number of halogens is 2. The average Bonchev–Trinajstić information content (AvgIpc) is 2.38. The molecular formula is C13H23Cl2N3O2. The number of carbonyl (C=O) groups is 1. The van der Waals surface area contributed by atoms with E-state index in [1.807, 2.05) is 18.7 Å². The number of carbonyl (C=O) groups excluding carboxylic acids is 1. The van der Waals surface area contributed by atoms with Crippen molar-refractivity contribution in [3.05, 3.63) is 18.2 Å². The minimum Gasteiger partial charge on any atom is -0.497 e. The lowest BCUT2D eigenvalue weighted by molar-refractivity contribution is -0.117. The monoisotopic (exact) mass is 323 g/mol. The molecule has 20 heavy (non-hydrogen) atoms. The van der Waals surface area contributed by atoms with Gasteiger partial charge in [-0.15, -0.1) is 24.8 Å². The topological polar surface area (TPSA) is 67.6 Å². The molecule has 0 radical (unpaired) electrons. The maximum absolute atomic E-state index is 11.8. The largest absolute Gasteiger partial charge is 0.497 e. The Kier molecular flexibility index (Phi) is 11.2. The van der Waals surface area contributed by atoms with Gasteiger partial charge in [-0.05, 0) is 25.2 Å². The number of rotatable bonds is 6. The Hall–Kier alpha value is -1.17. The number of benzene rings is 1. The number of nitrogen functional groups attached to an aromatic ring is 1. The maximum Gasteiger partial charge on any atom is 0.238 e. The van der Waals surface area contributed by atoms with Crippen molar-refractivity contribution in [1.29, 1.82) is 0 Å². The zero-order valence-electron chi connectivity index (χ0n) is 12.0. The Morgan fingerprint density at radius 3 is 2.40 bits per heavy atom. The minimum absolute atomic E-state index is 0. The fraction of sp³-hybridized carbons (Fsp3) is 0.462. The van der Waals surface area contributed by atoms with Gasteiger partial charge in [0.2, 0.25) is 5.91 Å². The van der Waals surface area contributed by atoms with E-state index < -0.39 is 0 Å². The van der Waals surface area contributed by atoms with Gasteiger partial charge in [0, 0.05) is 6.07 Å². The van der Waals surface area contributed by atoms with Crippen molar-refractivity contribution in [2.24, 2.45) is 0 Å². The Balaban J connectivity index is 0. The molecule has 116 valence electrons. The second kappa shape index (κ2) is 10.6. The predicted molar refractivity (Wildman–Crippen MR) is 88.3 cm³/mol. The van der Waals surface area contributed by atoms with Crippen LogP contribution in [-0.2, 0) is 4.79 Å². The van der Waals surface area contributed by atoms with Crippen LogP contribution in [0.4, 0.5) is 11.4 Å². The van der Waals surface area contributed by atoms with E-state index in [2.05, 4.69) is 5.32 Å². The van der Waals surface area contributed by atoms with E-state index in [4.69, 9.17) is 10.5 Å². The molecule has 0 heterocycles. The number of nitrogens with two attached hydrogens (primary N) is 1. The summed E-state index contributed by atoms with van der Waals surface area (Å²) >= 11 is 0. The van der Waals surface area contributed by atoms with Gasteiger partial charge in [-0.3, -0.25) is 9.69 Å². The lowest BCUT2D eigenvalue weighted by Crippen LogP contribution is -2.33. The number of methoxy groups -OCH3 is 1. The summed E-state index contributed by atoms with van der Waals surface area (Å²) < 4.78 is 5.10. The van der Waals surface area contributed by atoms with Crippen LogP contribution in [0.25, 0.3) is 0 Å². The quantitative estimate of drug-likeness (QED) is 0.789. The van der Waals surface area contributed by atoms with Crippen LogP contribution in [0.3, 0.4) is 0 Å². The van der Waals surface area contributed by atoms with Gasteiger partial charge in [0.05, 0.1) is 25.0 Å². The summed E-state index contributed by atoms with van der Waals surface area (Å²) in [4.78, 5) is 13.9. The molecule has 0 aliphatic carbocycles. The summed E-state index contributed by atoms with van der Waals surface area (Å²) in [6, 6.07) is 5.19. The van der Waals surface area contributed by atoms with Crippen LogP contribution in [0, 0.1) is 0 Å². The zero-order valence-corrected chi connectivity index (χ0v) is 13.6. The molecule has 0 spiro atoms. The lowest BCUT2D eigenvalue weighted by Gasteiger charge is -2.18. The number of nitrogens with one attached hydrogen (secondary N) is 1. The lowest BCUT2D eigenvalue weighted by atomic mass is 10.2. The van der Waals surface area contributed by atoms with Crippen molar-refractivity contribution < 1.29 is 9.53 Å². The molecule has 0 unspecified atom stereocenters. The molecule has 1 aromatic rings. The van der Waals surface area contributed by atoms with Crippen LogP contribution in [0.2, 0.25) is 0 Å². The molecule has 0 bridgehead atoms. The molecule has 0 atom stereocenters. The predicted octanol–water partition coefficient (Wildman–Crippen LogP) is 2.40. The molecule has 5 nitrogen and oxygen atoms in total. The van der Waals surface area contributed by atoms with Crippen molar-refractivity contribution in [3.63, 3.8) is 0 Å². The van der Waals surface area contributed by atoms with E-state index in [1.165, 1.54) is 0 Å². The molecule has 1 amide bonds. The fourth-order valence-electron chi connectivity index (χ4n) is 1.61. The van der Waals surface area contributed by atoms with E-state index in [1.54, 1.807) is 25.3 Å². The summed E-state index contributed by atoms with van der Waals surface area (Å²) in [7, 11) is 1.58. The summed E-state index contributed by atoms with van der Waals surface area (Å²) in [5, 5.41) is 2.80. The second-order valence-electron chi connectivity index (χ2n) is 3.96. The van der Waals surface area contributed by atoms with Crippen molar-refractivity contribution in [2.75, 3.05) is 37.8 Å². The molecule has 0 aliphatic heterocycles. The first kappa shape index (κ1) is 21.1. The van der Waals surface area contributed by atoms with Crippen LogP contribution in [-0.4, -0.2) is 37.6 Å². The number of hydrogen-bond acceptors (Lipinski definition) is 4. The highest BCUT2D eigenvalue weighted by Gasteiger charge is 2.09. The van der Waals surface area contributed by atoms with Gasteiger partial charge in [-0.2, -0.15) is 0 Å². The SMILES string of the molecule is CCN(CC)CC(=O)Nc1cc(OC)ccc1N.Cl.Cl. The summed E-state index contributed by atoms with van der Waals surface area (Å²) in [5.41, 5.74) is 6.92. The van der Waals surface area contributed by atoms with Crippen molar-refractivity contribution >= 4 is 42.1 Å². The van der Waals surface area contributed by atoms with Gasteiger partial charge in [0.25, 0.3) is 0 Å².